The predicted molar refractivity (Wildman–Crippen MR) is 208 cm³/mol. The van der Waals surface area contributed by atoms with Gasteiger partial charge in [0.05, 0.1) is 19.8 Å². The fourth-order valence-corrected chi connectivity index (χ4v) is 6.17. The summed E-state index contributed by atoms with van der Waals surface area (Å²) in [7, 11) is 4.25. The van der Waals surface area contributed by atoms with Gasteiger partial charge in [0.15, 0.2) is 0 Å². The van der Waals surface area contributed by atoms with Crippen molar-refractivity contribution < 1.29 is 23.8 Å². The van der Waals surface area contributed by atoms with E-state index in [0.29, 0.717) is 26.1 Å². The van der Waals surface area contributed by atoms with E-state index < -0.39 is 0 Å². The third kappa shape index (κ3) is 39.5. The summed E-state index contributed by atoms with van der Waals surface area (Å²) >= 11 is 0. The summed E-state index contributed by atoms with van der Waals surface area (Å²) in [6.45, 7) is 11.7. The molecule has 0 aromatic heterocycles. The highest BCUT2D eigenvalue weighted by Gasteiger charge is 2.07. The van der Waals surface area contributed by atoms with Crippen LogP contribution in [0.3, 0.4) is 0 Å². The lowest BCUT2D eigenvalue weighted by molar-refractivity contribution is -0.144. The largest absolute Gasteiger partial charge is 0.466 e. The molecule has 7 nitrogen and oxygen atoms in total. The van der Waals surface area contributed by atoms with Gasteiger partial charge in [-0.15, -0.1) is 0 Å². The number of nitrogens with zero attached hydrogens (tertiary/aromatic N) is 2. The normalized spacial score (nSPS) is 11.6. The van der Waals surface area contributed by atoms with E-state index in [4.69, 9.17) is 14.2 Å². The first-order chi connectivity index (χ1) is 24.0. The molecule has 0 aliphatic carbocycles. The summed E-state index contributed by atoms with van der Waals surface area (Å²) in [6.07, 6.45) is 32.2. The zero-order chi connectivity index (χ0) is 35.9. The van der Waals surface area contributed by atoms with Crippen molar-refractivity contribution in [3.05, 3.63) is 0 Å². The summed E-state index contributed by atoms with van der Waals surface area (Å²) < 4.78 is 16.9. The monoisotopic (exact) mass is 697 g/mol. The third-order valence-corrected chi connectivity index (χ3v) is 9.43. The highest BCUT2D eigenvalue weighted by Crippen LogP contribution is 2.12. The molecular weight excluding hydrogens is 612 g/mol. The molecule has 0 amide bonds. The number of hydrogen-bond acceptors (Lipinski definition) is 7. The standard InChI is InChI=1S/C42H84N2O5/c1-5-7-9-11-13-17-23-31-41(45)48-38-28-21-15-19-25-34-44(36-40-47-37-30-27-33-43(3)4)35-26-20-16-22-29-39-49-42(46)32-24-18-14-12-10-8-6-2/h5-40H2,1-4H3. The molecule has 0 saturated heterocycles. The van der Waals surface area contributed by atoms with Crippen molar-refractivity contribution in [1.82, 2.24) is 9.80 Å². The maximum absolute atomic E-state index is 12.0. The van der Waals surface area contributed by atoms with Crippen molar-refractivity contribution in [2.45, 2.75) is 194 Å². The second-order valence-electron chi connectivity index (χ2n) is 14.7. The van der Waals surface area contributed by atoms with Gasteiger partial charge >= 0.3 is 11.9 Å². The van der Waals surface area contributed by atoms with E-state index in [0.717, 1.165) is 97.2 Å². The first-order valence-corrected chi connectivity index (χ1v) is 21.3. The molecule has 0 aromatic rings. The molecule has 0 N–H and O–H groups in total. The fraction of sp³-hybridized carbons (Fsp3) is 0.952. The average molecular weight is 697 g/mol. The van der Waals surface area contributed by atoms with Crippen molar-refractivity contribution >= 4 is 11.9 Å². The topological polar surface area (TPSA) is 68.3 Å². The SMILES string of the molecule is CCCCCCCCCC(=O)OCCCCCCCN(CCCCCCCOC(=O)CCCCCCCCC)CCOCCCCN(C)C. The highest BCUT2D eigenvalue weighted by atomic mass is 16.5. The van der Waals surface area contributed by atoms with Gasteiger partial charge in [0.1, 0.15) is 0 Å². The van der Waals surface area contributed by atoms with E-state index in [1.807, 2.05) is 0 Å². The number of carbonyl (C=O) groups is 2. The quantitative estimate of drug-likeness (QED) is 0.0466. The summed E-state index contributed by atoms with van der Waals surface area (Å²) in [5.41, 5.74) is 0. The van der Waals surface area contributed by atoms with Gasteiger partial charge in [-0.25, -0.2) is 0 Å². The van der Waals surface area contributed by atoms with E-state index in [-0.39, 0.29) is 11.9 Å². The van der Waals surface area contributed by atoms with Crippen LogP contribution >= 0.6 is 0 Å². The lowest BCUT2D eigenvalue weighted by Gasteiger charge is -2.22. The number of carbonyl (C=O) groups excluding carboxylic acids is 2. The Morgan fingerprint density at radius 2 is 0.755 bits per heavy atom. The molecule has 0 aliphatic heterocycles. The van der Waals surface area contributed by atoms with Crippen LogP contribution in [-0.2, 0) is 23.8 Å². The van der Waals surface area contributed by atoms with Crippen molar-refractivity contribution in [1.29, 1.82) is 0 Å². The molecule has 7 heteroatoms. The van der Waals surface area contributed by atoms with Gasteiger partial charge < -0.3 is 24.0 Å². The van der Waals surface area contributed by atoms with Crippen molar-refractivity contribution in [2.75, 3.05) is 66.7 Å². The maximum Gasteiger partial charge on any atom is 0.305 e. The Morgan fingerprint density at radius 1 is 0.388 bits per heavy atom. The molecular formula is C42H84N2O5. The molecule has 49 heavy (non-hydrogen) atoms. The number of esters is 2. The van der Waals surface area contributed by atoms with Crippen LogP contribution in [0.2, 0.25) is 0 Å². The third-order valence-electron chi connectivity index (χ3n) is 9.43. The average Bonchev–Trinajstić information content (AvgIpc) is 3.08. The summed E-state index contributed by atoms with van der Waals surface area (Å²) in [5, 5.41) is 0. The van der Waals surface area contributed by atoms with Gasteiger partial charge in [-0.2, -0.15) is 0 Å². The smallest absolute Gasteiger partial charge is 0.305 e. The van der Waals surface area contributed by atoms with Crippen LogP contribution in [0.1, 0.15) is 194 Å². The minimum Gasteiger partial charge on any atom is -0.466 e. The van der Waals surface area contributed by atoms with Crippen LogP contribution in [0.25, 0.3) is 0 Å². The summed E-state index contributed by atoms with van der Waals surface area (Å²) in [4.78, 5) is 28.8. The molecule has 0 atom stereocenters. The summed E-state index contributed by atoms with van der Waals surface area (Å²) in [6, 6.07) is 0. The number of hydrogen-bond donors (Lipinski definition) is 0. The zero-order valence-corrected chi connectivity index (χ0v) is 33.4. The molecule has 0 saturated carbocycles. The van der Waals surface area contributed by atoms with Gasteiger partial charge in [0.2, 0.25) is 0 Å². The predicted octanol–water partition coefficient (Wildman–Crippen LogP) is 10.9. The van der Waals surface area contributed by atoms with Crippen LogP contribution in [0.4, 0.5) is 0 Å². The molecule has 292 valence electrons. The lowest BCUT2D eigenvalue weighted by Crippen LogP contribution is -2.30. The lowest BCUT2D eigenvalue weighted by atomic mass is 10.1. The van der Waals surface area contributed by atoms with Crippen LogP contribution in [0.5, 0.6) is 0 Å². The number of ether oxygens (including phenoxy) is 3. The van der Waals surface area contributed by atoms with Gasteiger partial charge in [0, 0.05) is 26.0 Å². The summed E-state index contributed by atoms with van der Waals surface area (Å²) in [5.74, 6) is -0.0247. The highest BCUT2D eigenvalue weighted by molar-refractivity contribution is 5.69. The van der Waals surface area contributed by atoms with Gasteiger partial charge in [-0.3, -0.25) is 9.59 Å². The second kappa shape index (κ2) is 39.6. The van der Waals surface area contributed by atoms with Crippen LogP contribution < -0.4 is 0 Å². The first-order valence-electron chi connectivity index (χ1n) is 21.3. The Balaban J connectivity index is 3.98. The van der Waals surface area contributed by atoms with Crippen molar-refractivity contribution in [3.63, 3.8) is 0 Å². The second-order valence-corrected chi connectivity index (χ2v) is 14.7. The number of rotatable bonds is 40. The molecule has 0 aliphatic rings. The number of unbranched alkanes of at least 4 members (excludes halogenated alkanes) is 21. The van der Waals surface area contributed by atoms with Crippen LogP contribution in [-0.4, -0.2) is 88.4 Å². The van der Waals surface area contributed by atoms with Gasteiger partial charge in [-0.1, -0.05) is 129 Å². The van der Waals surface area contributed by atoms with E-state index in [1.54, 1.807) is 0 Å². The van der Waals surface area contributed by atoms with E-state index in [9.17, 15) is 9.59 Å². The molecule has 0 unspecified atom stereocenters. The Hall–Kier alpha value is -1.18. The van der Waals surface area contributed by atoms with E-state index in [1.165, 1.54) is 109 Å². The first kappa shape index (κ1) is 47.8. The van der Waals surface area contributed by atoms with Crippen molar-refractivity contribution in [2.24, 2.45) is 0 Å². The molecule has 0 fully saturated rings. The molecule has 0 spiro atoms. The molecule has 0 rings (SSSR count). The van der Waals surface area contributed by atoms with E-state index in [2.05, 4.69) is 37.7 Å². The minimum absolute atomic E-state index is 0.0124. The molecule has 0 radical (unpaired) electrons. The van der Waals surface area contributed by atoms with E-state index >= 15 is 0 Å². The Kier molecular flexibility index (Phi) is 38.6. The fourth-order valence-electron chi connectivity index (χ4n) is 6.17. The Labute approximate surface area is 305 Å². The molecule has 0 heterocycles. The Morgan fingerprint density at radius 3 is 1.20 bits per heavy atom. The van der Waals surface area contributed by atoms with Crippen LogP contribution in [0, 0.1) is 0 Å². The minimum atomic E-state index is -0.0124. The zero-order valence-electron chi connectivity index (χ0n) is 33.4. The van der Waals surface area contributed by atoms with Crippen molar-refractivity contribution in [3.8, 4) is 0 Å². The molecule has 0 aromatic carbocycles. The van der Waals surface area contributed by atoms with Gasteiger partial charge in [-0.05, 0) is 85.1 Å². The van der Waals surface area contributed by atoms with Crippen LogP contribution in [0.15, 0.2) is 0 Å². The Bertz CT molecular complexity index is 644. The molecule has 0 bridgehead atoms. The van der Waals surface area contributed by atoms with Gasteiger partial charge in [0.25, 0.3) is 0 Å². The maximum atomic E-state index is 12.0.